The molecule has 0 atom stereocenters. The highest BCUT2D eigenvalue weighted by Crippen LogP contribution is 2.46. The molecule has 0 aliphatic heterocycles. The van der Waals surface area contributed by atoms with Crippen LogP contribution in [0.1, 0.15) is 229 Å². The van der Waals surface area contributed by atoms with Crippen LogP contribution in [0.4, 0.5) is 0 Å². The van der Waals surface area contributed by atoms with E-state index in [-0.39, 0.29) is 0 Å². The van der Waals surface area contributed by atoms with Crippen molar-refractivity contribution in [3.63, 3.8) is 0 Å². The number of hydrogen-bond acceptors (Lipinski definition) is 6. The molecule has 0 nitrogen and oxygen atoms in total. The van der Waals surface area contributed by atoms with E-state index >= 15 is 0 Å². The van der Waals surface area contributed by atoms with Gasteiger partial charge in [-0.1, -0.05) is 206 Å². The zero-order chi connectivity index (χ0) is 45.7. The van der Waals surface area contributed by atoms with Crippen LogP contribution in [-0.2, 0) is 12.8 Å². The highest BCUT2D eigenvalue weighted by molar-refractivity contribution is 7.30. The van der Waals surface area contributed by atoms with Crippen molar-refractivity contribution in [1.82, 2.24) is 0 Å². The van der Waals surface area contributed by atoms with Crippen LogP contribution in [-0.4, -0.2) is 0 Å². The first-order valence-corrected chi connectivity index (χ1v) is 32.2. The average Bonchev–Trinajstić information content (AvgIpc) is 4.19. The normalized spacial score (nSPS) is 11.7. The van der Waals surface area contributed by atoms with Gasteiger partial charge in [-0.2, -0.15) is 0 Å². The van der Waals surface area contributed by atoms with E-state index in [0.717, 1.165) is 0 Å². The molecule has 6 aromatic heterocycles. The largest absolute Gasteiger partial charge is 0.139 e. The molecule has 0 fully saturated rings. The summed E-state index contributed by atoms with van der Waals surface area (Å²) in [5.74, 6) is 0. The Hall–Kier alpha value is -1.80. The molecule has 0 radical (unpaired) electrons. The van der Waals surface area contributed by atoms with E-state index < -0.39 is 0 Å². The Kier molecular flexibility index (Phi) is 26.7. The average molecular weight is 1000 g/mol. The Bertz CT molecular complexity index is 1940. The Labute approximate surface area is 428 Å². The summed E-state index contributed by atoms with van der Waals surface area (Å²) in [6, 6.07) is 28.2. The van der Waals surface area contributed by atoms with Gasteiger partial charge in [0.05, 0.1) is 0 Å². The Morgan fingerprint density at radius 2 is 0.364 bits per heavy atom. The summed E-state index contributed by atoms with van der Waals surface area (Å²) in [6.07, 6.45) is 48.3. The zero-order valence-corrected chi connectivity index (χ0v) is 46.3. The molecule has 0 aliphatic carbocycles. The van der Waals surface area contributed by atoms with Crippen molar-refractivity contribution in [3.05, 3.63) is 82.6 Å². The molecule has 0 bridgehead atoms. The van der Waals surface area contributed by atoms with Gasteiger partial charge in [0.25, 0.3) is 0 Å². The number of unbranched alkanes of at least 4 members (excludes halogenated alkanes) is 30. The third-order valence-electron chi connectivity index (χ3n) is 13.5. The van der Waals surface area contributed by atoms with E-state index in [1.807, 2.05) is 68.0 Å². The van der Waals surface area contributed by atoms with E-state index in [4.69, 9.17) is 0 Å². The molecule has 0 amide bonds. The van der Waals surface area contributed by atoms with E-state index in [2.05, 4.69) is 86.6 Å². The van der Waals surface area contributed by atoms with Gasteiger partial charge in [0.2, 0.25) is 0 Å². The van der Waals surface area contributed by atoms with Gasteiger partial charge in [0.1, 0.15) is 0 Å². The van der Waals surface area contributed by atoms with Crippen LogP contribution in [0, 0.1) is 0 Å². The van der Waals surface area contributed by atoms with Crippen molar-refractivity contribution in [1.29, 1.82) is 0 Å². The van der Waals surface area contributed by atoms with Gasteiger partial charge in [-0.05, 0) is 98.5 Å². The maximum atomic E-state index is 2.39. The summed E-state index contributed by atoms with van der Waals surface area (Å²) in [5.41, 5.74) is 0. The molecule has 6 aromatic rings. The van der Waals surface area contributed by atoms with Gasteiger partial charge in [-0.25, -0.2) is 0 Å². The van der Waals surface area contributed by atoms with Crippen molar-refractivity contribution in [2.24, 2.45) is 0 Å². The van der Waals surface area contributed by atoms with Crippen LogP contribution in [0.25, 0.3) is 48.8 Å². The number of thiophene rings is 6. The van der Waals surface area contributed by atoms with E-state index in [1.54, 1.807) is 9.75 Å². The second-order valence-corrected chi connectivity index (χ2v) is 26.0. The maximum absolute atomic E-state index is 2.39. The summed E-state index contributed by atoms with van der Waals surface area (Å²) in [4.78, 5) is 17.1. The molecule has 0 aromatic carbocycles. The lowest BCUT2D eigenvalue weighted by atomic mass is 10.0. The van der Waals surface area contributed by atoms with E-state index in [9.17, 15) is 0 Å². The second kappa shape index (κ2) is 32.9. The number of rotatable bonds is 39. The van der Waals surface area contributed by atoms with Crippen molar-refractivity contribution < 1.29 is 0 Å². The molecular weight excluding hydrogens is 913 g/mol. The van der Waals surface area contributed by atoms with Crippen LogP contribution in [0.15, 0.2) is 72.8 Å². The first-order chi connectivity index (χ1) is 32.7. The molecule has 0 N–H and O–H groups in total. The van der Waals surface area contributed by atoms with Crippen LogP contribution in [0.5, 0.6) is 0 Å². The molecule has 6 rings (SSSR count). The van der Waals surface area contributed by atoms with Crippen LogP contribution < -0.4 is 0 Å². The fourth-order valence-electron chi connectivity index (χ4n) is 9.40. The Morgan fingerprint density at radius 3 is 0.576 bits per heavy atom. The minimum Gasteiger partial charge on any atom is -0.139 e. The minimum absolute atomic E-state index is 1.24. The van der Waals surface area contributed by atoms with Gasteiger partial charge < -0.3 is 0 Å². The molecule has 0 aliphatic rings. The quantitative estimate of drug-likeness (QED) is 0.0338. The van der Waals surface area contributed by atoms with Gasteiger partial charge >= 0.3 is 0 Å². The van der Waals surface area contributed by atoms with E-state index in [1.165, 1.54) is 267 Å². The molecule has 66 heavy (non-hydrogen) atoms. The highest BCUT2D eigenvalue weighted by Gasteiger charge is 2.14. The standard InChI is InChI=1S/C60H86S6/c1-3-5-7-9-11-13-15-17-19-21-23-25-27-29-31-33-35-49-37-39-51(61-49)53-41-43-55(63-53)57-45-47-59(65-57)60-48-46-58(66-60)56-44-42-54(64-56)52-40-38-50(62-52)36-34-32-30-28-26-24-22-20-18-16-14-12-10-8-6-4-2/h37-48H,3-36H2,1-2H3. The second-order valence-electron chi connectivity index (χ2n) is 19.3. The minimum atomic E-state index is 1.24. The lowest BCUT2D eigenvalue weighted by Gasteiger charge is -2.03. The summed E-state index contributed by atoms with van der Waals surface area (Å²) >= 11 is 11.8. The predicted molar refractivity (Wildman–Crippen MR) is 307 cm³/mol. The Balaban J connectivity index is 0.825. The molecule has 6 heterocycles. The van der Waals surface area contributed by atoms with Crippen molar-refractivity contribution >= 4 is 68.0 Å². The first-order valence-electron chi connectivity index (χ1n) is 27.3. The van der Waals surface area contributed by atoms with E-state index in [0.29, 0.717) is 0 Å². The first kappa shape index (κ1) is 53.5. The summed E-state index contributed by atoms with van der Waals surface area (Å²) in [7, 11) is 0. The smallest absolute Gasteiger partial charge is 0.0449 e. The van der Waals surface area contributed by atoms with Gasteiger partial charge in [0, 0.05) is 58.5 Å². The number of hydrogen-bond donors (Lipinski definition) is 0. The Morgan fingerprint density at radius 1 is 0.197 bits per heavy atom. The SMILES string of the molecule is CCCCCCCCCCCCCCCCCCc1ccc(-c2ccc(-c3ccc(-c4ccc(-c5ccc(-c6ccc(CCCCCCCCCCCCCCCCCC)s6)s5)s4)s3)s2)s1. The zero-order valence-electron chi connectivity index (χ0n) is 41.4. The molecule has 0 saturated heterocycles. The predicted octanol–water partition coefficient (Wildman–Crippen LogP) is 24.0. The third kappa shape index (κ3) is 19.9. The topological polar surface area (TPSA) is 0 Å². The summed E-state index contributed by atoms with van der Waals surface area (Å²) < 4.78 is 0. The van der Waals surface area contributed by atoms with Crippen molar-refractivity contribution in [2.45, 2.75) is 232 Å². The monoisotopic (exact) mass is 999 g/mol. The lowest BCUT2D eigenvalue weighted by Crippen LogP contribution is -1.84. The fourth-order valence-corrected chi connectivity index (χ4v) is 16.0. The summed E-state index contributed by atoms with van der Waals surface area (Å²) in [6.45, 7) is 4.61. The van der Waals surface area contributed by atoms with Crippen molar-refractivity contribution in [2.75, 3.05) is 0 Å². The third-order valence-corrected chi connectivity index (χ3v) is 21.1. The molecule has 0 unspecified atom stereocenters. The fraction of sp³-hybridized carbons (Fsp3) is 0.600. The maximum Gasteiger partial charge on any atom is 0.0449 e. The van der Waals surface area contributed by atoms with Gasteiger partial charge in [-0.15, -0.1) is 68.0 Å². The van der Waals surface area contributed by atoms with Gasteiger partial charge in [0.15, 0.2) is 0 Å². The lowest BCUT2D eigenvalue weighted by molar-refractivity contribution is 0.529. The van der Waals surface area contributed by atoms with Crippen LogP contribution in [0.3, 0.4) is 0 Å². The highest BCUT2D eigenvalue weighted by atomic mass is 32.1. The molecule has 0 spiro atoms. The molecule has 6 heteroatoms. The molecule has 0 saturated carbocycles. The number of aryl methyl sites for hydroxylation is 2. The molecular formula is C60H86S6. The van der Waals surface area contributed by atoms with Crippen molar-refractivity contribution in [3.8, 4) is 48.8 Å². The summed E-state index contributed by atoms with van der Waals surface area (Å²) in [5, 5.41) is 0. The van der Waals surface area contributed by atoms with Gasteiger partial charge in [-0.3, -0.25) is 0 Å². The molecule has 362 valence electrons. The van der Waals surface area contributed by atoms with Crippen LogP contribution in [0.2, 0.25) is 0 Å². The van der Waals surface area contributed by atoms with Crippen LogP contribution >= 0.6 is 68.0 Å².